The number of hydrogen-bond acceptors (Lipinski definition) is 9. The molecule has 0 bridgehead atoms. The number of aromatic hydroxyl groups is 3. The van der Waals surface area contributed by atoms with E-state index in [9.17, 15) is 29.7 Å². The number of phenols is 3. The van der Waals surface area contributed by atoms with E-state index in [-0.39, 0.29) is 34.3 Å². The van der Waals surface area contributed by atoms with Gasteiger partial charge in [-0.15, -0.1) is 0 Å². The molecule has 282 valence electrons. The van der Waals surface area contributed by atoms with E-state index in [1.807, 2.05) is 60.6 Å². The summed E-state index contributed by atoms with van der Waals surface area (Å²) in [4.78, 5) is 35.0. The Hall–Kier alpha value is -6.90. The molecule has 0 saturated heterocycles. The van der Waals surface area contributed by atoms with Gasteiger partial charge in [-0.25, -0.2) is 18.8 Å². The van der Waals surface area contributed by atoms with Crippen molar-refractivity contribution in [3.63, 3.8) is 0 Å². The maximum atomic E-state index is 11.8. The van der Waals surface area contributed by atoms with Crippen molar-refractivity contribution in [2.45, 2.75) is 48.5 Å². The predicted molar refractivity (Wildman–Crippen MR) is 202 cm³/mol. The van der Waals surface area contributed by atoms with E-state index in [0.29, 0.717) is 22.6 Å². The molecule has 54 heavy (non-hydrogen) atoms. The summed E-state index contributed by atoms with van der Waals surface area (Å²) in [7, 11) is 3.35. The summed E-state index contributed by atoms with van der Waals surface area (Å²) in [6.45, 7) is 13.3. The Bertz CT molecular complexity index is 2370. The summed E-state index contributed by atoms with van der Waals surface area (Å²) in [5.41, 5.74) is 13.9. The summed E-state index contributed by atoms with van der Waals surface area (Å²) < 4.78 is 4.90. The zero-order valence-corrected chi connectivity index (χ0v) is 31.6. The molecule has 0 aliphatic heterocycles. The molecule has 0 fully saturated rings. The molecule has 0 unspecified atom stereocenters. The maximum Gasteiger partial charge on any atom is 0.335 e. The van der Waals surface area contributed by atoms with E-state index in [4.69, 9.17) is 10.8 Å². The highest BCUT2D eigenvalue weighted by Gasteiger charge is 2.16. The SMILES string of the molecule is Cc1cc(C)n(-c2ccc(C(=O)N(C)C)cc2O)n1.Cc1cc(C)n(-c2ccc(C(N)=O)cc2O)n1.Cc1nn(-c2ccc(C(=O)O)cc2O)c(C)c1C. The van der Waals surface area contributed by atoms with E-state index in [0.717, 1.165) is 39.7 Å². The second kappa shape index (κ2) is 16.2. The van der Waals surface area contributed by atoms with Crippen molar-refractivity contribution in [3.8, 4) is 34.3 Å². The molecule has 6 aromatic rings. The number of carboxylic acids is 1. The van der Waals surface area contributed by atoms with Crippen LogP contribution in [0.2, 0.25) is 0 Å². The molecule has 15 nitrogen and oxygen atoms in total. The predicted octanol–water partition coefficient (Wildman–Crippen LogP) is 5.39. The van der Waals surface area contributed by atoms with Crippen LogP contribution in [0.5, 0.6) is 17.2 Å². The van der Waals surface area contributed by atoms with E-state index >= 15 is 0 Å². The highest BCUT2D eigenvalue weighted by atomic mass is 16.4. The minimum Gasteiger partial charge on any atom is -0.506 e. The molecule has 2 amide bonds. The number of aromatic nitrogens is 6. The Morgan fingerprint density at radius 3 is 1.35 bits per heavy atom. The van der Waals surface area contributed by atoms with Gasteiger partial charge in [-0.1, -0.05) is 0 Å². The van der Waals surface area contributed by atoms with Gasteiger partial charge in [0.2, 0.25) is 5.91 Å². The molecule has 6 N–H and O–H groups in total. The molecule has 15 heteroatoms. The summed E-state index contributed by atoms with van der Waals surface area (Å²) in [5.74, 6) is -1.86. The van der Waals surface area contributed by atoms with Gasteiger partial charge in [-0.2, -0.15) is 15.3 Å². The van der Waals surface area contributed by atoms with Crippen molar-refractivity contribution in [1.82, 2.24) is 34.2 Å². The van der Waals surface area contributed by atoms with Crippen molar-refractivity contribution in [1.29, 1.82) is 0 Å². The van der Waals surface area contributed by atoms with Crippen molar-refractivity contribution < 1.29 is 34.8 Å². The van der Waals surface area contributed by atoms with Gasteiger partial charge in [-0.05, 0) is 121 Å². The van der Waals surface area contributed by atoms with Crippen molar-refractivity contribution >= 4 is 17.8 Å². The molecular formula is C39H44N8O7. The third-order valence-electron chi connectivity index (χ3n) is 8.47. The lowest BCUT2D eigenvalue weighted by Gasteiger charge is -2.12. The number of carbonyl (C=O) groups excluding carboxylic acids is 2. The summed E-state index contributed by atoms with van der Waals surface area (Å²) in [6.07, 6.45) is 0. The molecule has 0 saturated carbocycles. The van der Waals surface area contributed by atoms with Crippen LogP contribution in [-0.2, 0) is 0 Å². The van der Waals surface area contributed by atoms with Gasteiger partial charge in [0, 0.05) is 42.3 Å². The van der Waals surface area contributed by atoms with Crippen LogP contribution in [0, 0.1) is 48.5 Å². The fourth-order valence-electron chi connectivity index (χ4n) is 5.49. The monoisotopic (exact) mass is 736 g/mol. The molecule has 3 heterocycles. The normalized spacial score (nSPS) is 10.5. The molecule has 6 rings (SSSR count). The first kappa shape index (κ1) is 39.9. The molecule has 0 spiro atoms. The summed E-state index contributed by atoms with van der Waals surface area (Å²) in [6, 6.07) is 17.4. The number of carbonyl (C=O) groups is 3. The lowest BCUT2D eigenvalue weighted by Crippen LogP contribution is -2.21. The Morgan fingerprint density at radius 2 is 1.00 bits per heavy atom. The van der Waals surface area contributed by atoms with Crippen molar-refractivity contribution in [2.24, 2.45) is 5.73 Å². The molecule has 0 atom stereocenters. The van der Waals surface area contributed by atoms with Crippen LogP contribution in [-0.4, -0.2) is 86.5 Å². The smallest absolute Gasteiger partial charge is 0.335 e. The number of aromatic carboxylic acids is 1. The zero-order valence-electron chi connectivity index (χ0n) is 31.6. The van der Waals surface area contributed by atoms with E-state index in [2.05, 4.69) is 15.3 Å². The van der Waals surface area contributed by atoms with Crippen LogP contribution in [0.1, 0.15) is 70.8 Å². The third kappa shape index (κ3) is 8.75. The van der Waals surface area contributed by atoms with Crippen LogP contribution >= 0.6 is 0 Å². The topological polar surface area (TPSA) is 215 Å². The highest BCUT2D eigenvalue weighted by molar-refractivity contribution is 5.95. The van der Waals surface area contributed by atoms with E-state index in [1.165, 1.54) is 29.2 Å². The van der Waals surface area contributed by atoms with E-state index in [1.54, 1.807) is 58.5 Å². The second-order valence-electron chi connectivity index (χ2n) is 12.9. The number of aryl methyl sites for hydroxylation is 5. The Balaban J connectivity index is 0.000000181. The highest BCUT2D eigenvalue weighted by Crippen LogP contribution is 2.27. The average Bonchev–Trinajstić information content (AvgIpc) is 3.72. The van der Waals surface area contributed by atoms with Gasteiger partial charge in [-0.3, -0.25) is 9.59 Å². The van der Waals surface area contributed by atoms with Gasteiger partial charge >= 0.3 is 5.97 Å². The molecule has 3 aromatic carbocycles. The Morgan fingerprint density at radius 1 is 0.593 bits per heavy atom. The Kier molecular flexibility index (Phi) is 12.0. The number of nitrogens with zero attached hydrogens (tertiary/aromatic N) is 7. The largest absolute Gasteiger partial charge is 0.506 e. The first-order valence-corrected chi connectivity index (χ1v) is 16.6. The van der Waals surface area contributed by atoms with E-state index < -0.39 is 11.9 Å². The zero-order chi connectivity index (χ0) is 40.2. The van der Waals surface area contributed by atoms with Gasteiger partial charge in [0.25, 0.3) is 5.91 Å². The number of carboxylic acid groups (broad SMARTS) is 1. The van der Waals surface area contributed by atoms with Crippen LogP contribution in [0.4, 0.5) is 0 Å². The fourth-order valence-corrected chi connectivity index (χ4v) is 5.49. The fraction of sp³-hybridized carbons (Fsp3) is 0.231. The summed E-state index contributed by atoms with van der Waals surface area (Å²) >= 11 is 0. The molecule has 0 radical (unpaired) electrons. The lowest BCUT2D eigenvalue weighted by atomic mass is 10.1. The van der Waals surface area contributed by atoms with Crippen molar-refractivity contribution in [2.75, 3.05) is 14.1 Å². The molecule has 0 aliphatic carbocycles. The summed E-state index contributed by atoms with van der Waals surface area (Å²) in [5, 5.41) is 51.6. The number of primary amides is 1. The maximum absolute atomic E-state index is 11.8. The number of amides is 2. The number of rotatable bonds is 6. The minimum atomic E-state index is -1.07. The molecular weight excluding hydrogens is 692 g/mol. The standard InChI is InChI=1S/C14H17N3O2.C13H14N2O3.C12H13N3O2/c1-9-7-10(2)17(15-9)12-6-5-11(8-13(12)18)14(19)16(3)4;1-7-8(2)14-15(9(7)3)11-5-4-10(13(17)18)6-12(11)16;1-7-5-8(2)15(14-7)10-4-3-9(12(13)17)6-11(10)16/h5-8,18H,1-4H3;4-6,16H,1-3H3,(H,17,18);3-6,16H,1-2H3,(H2,13,17). The number of hydrogen-bond donors (Lipinski definition) is 5. The van der Waals surface area contributed by atoms with Crippen LogP contribution < -0.4 is 5.73 Å². The first-order chi connectivity index (χ1) is 25.3. The first-order valence-electron chi connectivity index (χ1n) is 16.6. The second-order valence-corrected chi connectivity index (χ2v) is 12.9. The van der Waals surface area contributed by atoms with Crippen LogP contribution in [0.15, 0.2) is 66.7 Å². The van der Waals surface area contributed by atoms with Gasteiger partial charge in [0.05, 0.1) is 22.6 Å². The van der Waals surface area contributed by atoms with Crippen LogP contribution in [0.3, 0.4) is 0 Å². The number of phenolic OH excluding ortho intramolecular Hbond substituents is 3. The number of nitrogens with two attached hydrogens (primary N) is 1. The quantitative estimate of drug-likeness (QED) is 0.147. The Labute approximate surface area is 312 Å². The minimum absolute atomic E-state index is 0.0208. The third-order valence-corrected chi connectivity index (χ3v) is 8.47. The molecule has 0 aliphatic rings. The lowest BCUT2D eigenvalue weighted by molar-refractivity contribution is 0.0695. The average molecular weight is 737 g/mol. The van der Waals surface area contributed by atoms with Gasteiger partial charge in [0.1, 0.15) is 34.3 Å². The van der Waals surface area contributed by atoms with Crippen molar-refractivity contribution in [3.05, 3.63) is 123 Å². The van der Waals surface area contributed by atoms with Gasteiger partial charge in [0.15, 0.2) is 0 Å². The molecule has 3 aromatic heterocycles. The van der Waals surface area contributed by atoms with Crippen LogP contribution in [0.25, 0.3) is 17.1 Å². The number of benzene rings is 3. The van der Waals surface area contributed by atoms with Gasteiger partial charge < -0.3 is 31.1 Å².